The van der Waals surface area contributed by atoms with E-state index >= 15 is 0 Å². The van der Waals surface area contributed by atoms with Crippen LogP contribution >= 0.6 is 11.6 Å². The van der Waals surface area contributed by atoms with Crippen LogP contribution in [-0.4, -0.2) is 20.6 Å². The molecule has 0 saturated carbocycles. The molecule has 0 aliphatic heterocycles. The van der Waals surface area contributed by atoms with Gasteiger partial charge in [-0.05, 0) is 37.3 Å². The average molecular weight is 395 g/mol. The van der Waals surface area contributed by atoms with Crippen molar-refractivity contribution >= 4 is 23.2 Å². The summed E-state index contributed by atoms with van der Waals surface area (Å²) >= 11 is 5.99. The molecule has 0 atom stereocenters. The molecule has 0 saturated heterocycles. The Morgan fingerprint density at radius 1 is 1.18 bits per heavy atom. The van der Waals surface area contributed by atoms with E-state index in [4.69, 9.17) is 16.1 Å². The molecule has 0 aliphatic rings. The lowest BCUT2D eigenvalue weighted by molar-refractivity contribution is 0.0988. The molecular formula is C20H15ClN4O3. The van der Waals surface area contributed by atoms with Crippen LogP contribution in [0.1, 0.15) is 16.2 Å². The number of aromatic amines is 1. The number of carbonyl (C=O) groups is 1. The Labute approximate surface area is 164 Å². The quantitative estimate of drug-likeness (QED) is 0.546. The lowest BCUT2D eigenvalue weighted by Gasteiger charge is -2.07. The number of hydrogen-bond donors (Lipinski definition) is 2. The third kappa shape index (κ3) is 3.47. The maximum Gasteiger partial charge on any atom is 0.330 e. The summed E-state index contributed by atoms with van der Waals surface area (Å²) in [5, 5.41) is 7.25. The number of anilines is 1. The Kier molecular flexibility index (Phi) is 4.58. The third-order valence-electron chi connectivity index (χ3n) is 4.18. The Morgan fingerprint density at radius 2 is 2.00 bits per heavy atom. The molecular weight excluding hydrogens is 380 g/mol. The summed E-state index contributed by atoms with van der Waals surface area (Å²) in [5.74, 6) is -0.383. The lowest BCUT2D eigenvalue weighted by atomic mass is 10.1. The normalized spacial score (nSPS) is 10.8. The highest BCUT2D eigenvalue weighted by atomic mass is 35.5. The van der Waals surface area contributed by atoms with E-state index in [2.05, 4.69) is 15.5 Å². The first kappa shape index (κ1) is 17.8. The zero-order chi connectivity index (χ0) is 19.7. The molecule has 8 heteroatoms. The van der Waals surface area contributed by atoms with Crippen molar-refractivity contribution in [1.29, 1.82) is 0 Å². The van der Waals surface area contributed by atoms with E-state index in [1.165, 1.54) is 4.57 Å². The molecule has 2 heterocycles. The highest BCUT2D eigenvalue weighted by molar-refractivity contribution is 6.30. The minimum absolute atomic E-state index is 0.0652. The van der Waals surface area contributed by atoms with Gasteiger partial charge in [0.25, 0.3) is 5.91 Å². The van der Waals surface area contributed by atoms with E-state index in [1.807, 2.05) is 13.0 Å². The van der Waals surface area contributed by atoms with E-state index in [9.17, 15) is 9.59 Å². The summed E-state index contributed by atoms with van der Waals surface area (Å²) in [6, 6.07) is 15.6. The van der Waals surface area contributed by atoms with Gasteiger partial charge in [0.05, 0.1) is 5.69 Å². The number of benzene rings is 2. The molecule has 4 rings (SSSR count). The summed E-state index contributed by atoms with van der Waals surface area (Å²) < 4.78 is 6.68. The summed E-state index contributed by atoms with van der Waals surface area (Å²) in [5.41, 5.74) is 2.93. The van der Waals surface area contributed by atoms with Gasteiger partial charge in [0.1, 0.15) is 5.69 Å². The summed E-state index contributed by atoms with van der Waals surface area (Å²) in [4.78, 5) is 27.1. The van der Waals surface area contributed by atoms with Crippen LogP contribution in [0.4, 0.5) is 5.69 Å². The second kappa shape index (κ2) is 7.21. The Morgan fingerprint density at radius 3 is 2.75 bits per heavy atom. The Hall–Kier alpha value is -3.58. The zero-order valence-corrected chi connectivity index (χ0v) is 15.5. The smallest absolute Gasteiger partial charge is 0.330 e. The van der Waals surface area contributed by atoms with Gasteiger partial charge in [0.15, 0.2) is 0 Å². The fraction of sp³-hybridized carbons (Fsp3) is 0.0500. The van der Waals surface area contributed by atoms with Gasteiger partial charge in [-0.2, -0.15) is 0 Å². The van der Waals surface area contributed by atoms with Crippen molar-refractivity contribution in [3.63, 3.8) is 0 Å². The van der Waals surface area contributed by atoms with Crippen molar-refractivity contribution in [2.24, 2.45) is 0 Å². The van der Waals surface area contributed by atoms with E-state index in [1.54, 1.807) is 54.7 Å². The molecule has 140 valence electrons. The molecule has 2 N–H and O–H groups in total. The standard InChI is InChI=1S/C20H15ClN4O3/c1-12-11-22-20(27)25(12)16-7-3-6-15(9-16)23-19(26)18-10-17(24-28-18)13-4-2-5-14(21)8-13/h2-11H,1H3,(H,22,27)(H,23,26). The topological polar surface area (TPSA) is 92.9 Å². The largest absolute Gasteiger partial charge is 0.350 e. The zero-order valence-electron chi connectivity index (χ0n) is 14.8. The minimum atomic E-state index is -0.448. The number of imidazole rings is 1. The number of halogens is 1. The van der Waals surface area contributed by atoms with Gasteiger partial charge in [-0.15, -0.1) is 0 Å². The maximum absolute atomic E-state index is 12.5. The van der Waals surface area contributed by atoms with Gasteiger partial charge in [-0.1, -0.05) is 35.0 Å². The van der Waals surface area contributed by atoms with E-state index in [0.717, 1.165) is 11.3 Å². The van der Waals surface area contributed by atoms with Gasteiger partial charge >= 0.3 is 5.69 Å². The number of nitrogens with one attached hydrogen (secondary N) is 2. The van der Waals surface area contributed by atoms with Crippen LogP contribution in [0.25, 0.3) is 16.9 Å². The fourth-order valence-electron chi connectivity index (χ4n) is 2.86. The molecule has 0 spiro atoms. The van der Waals surface area contributed by atoms with Crippen LogP contribution in [0.2, 0.25) is 5.02 Å². The Balaban J connectivity index is 1.56. The Bertz CT molecular complexity index is 1220. The summed E-state index contributed by atoms with van der Waals surface area (Å²) in [7, 11) is 0. The second-order valence-electron chi connectivity index (χ2n) is 6.16. The first-order valence-corrected chi connectivity index (χ1v) is 8.80. The number of hydrogen-bond acceptors (Lipinski definition) is 4. The van der Waals surface area contributed by atoms with Crippen molar-refractivity contribution in [3.8, 4) is 16.9 Å². The van der Waals surface area contributed by atoms with Gasteiger partial charge in [0, 0.05) is 34.2 Å². The molecule has 1 amide bonds. The van der Waals surface area contributed by atoms with Crippen LogP contribution in [0.3, 0.4) is 0 Å². The van der Waals surface area contributed by atoms with Gasteiger partial charge < -0.3 is 14.8 Å². The highest BCUT2D eigenvalue weighted by Crippen LogP contribution is 2.23. The maximum atomic E-state index is 12.5. The number of aryl methyl sites for hydroxylation is 1. The number of carbonyl (C=O) groups excluding carboxylic acids is 1. The minimum Gasteiger partial charge on any atom is -0.350 e. The number of nitrogens with zero attached hydrogens (tertiary/aromatic N) is 2. The van der Waals surface area contributed by atoms with Crippen molar-refractivity contribution in [2.75, 3.05) is 5.32 Å². The molecule has 7 nitrogen and oxygen atoms in total. The predicted molar refractivity (Wildman–Crippen MR) is 106 cm³/mol. The van der Waals surface area contributed by atoms with Crippen molar-refractivity contribution in [3.05, 3.63) is 87.8 Å². The number of amides is 1. The first-order valence-electron chi connectivity index (χ1n) is 8.43. The monoisotopic (exact) mass is 394 g/mol. The van der Waals surface area contributed by atoms with E-state index in [-0.39, 0.29) is 11.4 Å². The van der Waals surface area contributed by atoms with Crippen LogP contribution in [0, 0.1) is 6.92 Å². The predicted octanol–water partition coefficient (Wildman–Crippen LogP) is 4.03. The van der Waals surface area contributed by atoms with Gasteiger partial charge in [0.2, 0.25) is 5.76 Å². The van der Waals surface area contributed by atoms with E-state index < -0.39 is 5.91 Å². The van der Waals surface area contributed by atoms with Crippen LogP contribution in [0.15, 0.2) is 70.1 Å². The molecule has 0 radical (unpaired) electrons. The summed E-state index contributed by atoms with van der Waals surface area (Å²) in [6.45, 7) is 1.81. The van der Waals surface area contributed by atoms with Gasteiger partial charge in [-0.25, -0.2) is 4.79 Å². The SMILES string of the molecule is Cc1c[nH]c(=O)n1-c1cccc(NC(=O)c2cc(-c3cccc(Cl)c3)no2)c1. The van der Waals surface area contributed by atoms with Crippen LogP contribution < -0.4 is 11.0 Å². The van der Waals surface area contributed by atoms with Crippen LogP contribution in [0.5, 0.6) is 0 Å². The molecule has 0 unspecified atom stereocenters. The molecule has 0 fully saturated rings. The van der Waals surface area contributed by atoms with Gasteiger partial charge in [-0.3, -0.25) is 9.36 Å². The van der Waals surface area contributed by atoms with Crippen LogP contribution in [-0.2, 0) is 0 Å². The molecule has 2 aromatic heterocycles. The van der Waals surface area contributed by atoms with Crippen molar-refractivity contribution in [1.82, 2.24) is 14.7 Å². The number of rotatable bonds is 4. The fourth-order valence-corrected chi connectivity index (χ4v) is 3.05. The van der Waals surface area contributed by atoms with E-state index in [0.29, 0.717) is 22.1 Å². The number of H-pyrrole nitrogens is 1. The highest BCUT2D eigenvalue weighted by Gasteiger charge is 2.15. The molecule has 0 aliphatic carbocycles. The second-order valence-corrected chi connectivity index (χ2v) is 6.60. The van der Waals surface area contributed by atoms with Crippen molar-refractivity contribution < 1.29 is 9.32 Å². The van der Waals surface area contributed by atoms with Crippen molar-refractivity contribution in [2.45, 2.75) is 6.92 Å². The lowest BCUT2D eigenvalue weighted by Crippen LogP contribution is -2.16. The molecule has 4 aromatic rings. The average Bonchev–Trinajstić information content (AvgIpc) is 3.29. The molecule has 28 heavy (non-hydrogen) atoms. The summed E-state index contributed by atoms with van der Waals surface area (Å²) in [6.07, 6.45) is 1.62. The number of aromatic nitrogens is 3. The first-order chi connectivity index (χ1) is 13.5. The third-order valence-corrected chi connectivity index (χ3v) is 4.41. The molecule has 2 aromatic carbocycles. The molecule has 0 bridgehead atoms.